The zero-order valence-electron chi connectivity index (χ0n) is 15.9. The lowest BCUT2D eigenvalue weighted by Gasteiger charge is -2.16. The Morgan fingerprint density at radius 3 is 2.21 bits per heavy atom. The predicted molar refractivity (Wildman–Crippen MR) is 119 cm³/mol. The van der Waals surface area contributed by atoms with Crippen LogP contribution in [0.3, 0.4) is 0 Å². The number of hydrogen-bond acceptors (Lipinski definition) is 4. The number of aromatic nitrogens is 1. The maximum Gasteiger partial charge on any atom is 0.303 e. The van der Waals surface area contributed by atoms with Crippen molar-refractivity contribution in [1.29, 1.82) is 0 Å². The third-order valence-electron chi connectivity index (χ3n) is 4.74. The summed E-state index contributed by atoms with van der Waals surface area (Å²) in [5.41, 5.74) is 4.55. The fraction of sp³-hybridized carbons (Fsp3) is 0.130. The van der Waals surface area contributed by atoms with E-state index in [9.17, 15) is 4.79 Å². The van der Waals surface area contributed by atoms with Gasteiger partial charge >= 0.3 is 5.97 Å². The van der Waals surface area contributed by atoms with Crippen molar-refractivity contribution in [1.82, 2.24) is 4.98 Å². The summed E-state index contributed by atoms with van der Waals surface area (Å²) in [6, 6.07) is 21.8. The maximum absolute atomic E-state index is 10.8. The molecule has 1 heterocycles. The van der Waals surface area contributed by atoms with Crippen LogP contribution in [-0.4, -0.2) is 23.2 Å². The number of anilines is 2. The number of pyridine rings is 1. The van der Waals surface area contributed by atoms with Crippen molar-refractivity contribution in [3.8, 4) is 5.75 Å². The molecule has 0 atom stereocenters. The van der Waals surface area contributed by atoms with E-state index in [-0.39, 0.29) is 18.8 Å². The molecule has 5 nitrogen and oxygen atoms in total. The Bertz CT molecular complexity index is 1120. The molecule has 0 spiro atoms. The number of benzene rings is 3. The van der Waals surface area contributed by atoms with Gasteiger partial charge in [-0.1, -0.05) is 42.5 Å². The fourth-order valence-electron chi connectivity index (χ4n) is 3.35. The summed E-state index contributed by atoms with van der Waals surface area (Å²) in [5.74, 6) is -0.135. The molecule has 0 aliphatic rings. The number of ether oxygens (including phenoxy) is 1. The molecule has 0 amide bonds. The molecule has 0 aliphatic carbocycles. The molecule has 0 bridgehead atoms. The molecule has 29 heavy (non-hydrogen) atoms. The van der Waals surface area contributed by atoms with E-state index >= 15 is 0 Å². The first kappa shape index (κ1) is 20.4. The molecule has 0 saturated heterocycles. The minimum atomic E-state index is -0.809. The number of nitrogens with one attached hydrogen (secondary N) is 1. The average molecular weight is 409 g/mol. The summed E-state index contributed by atoms with van der Waals surface area (Å²) in [6.07, 6.45) is 0.558. The molecular weight excluding hydrogens is 388 g/mol. The van der Waals surface area contributed by atoms with Gasteiger partial charge < -0.3 is 15.2 Å². The van der Waals surface area contributed by atoms with E-state index in [1.54, 1.807) is 7.11 Å². The predicted octanol–water partition coefficient (Wildman–Crippen LogP) is 5.58. The normalized spacial score (nSPS) is 10.5. The van der Waals surface area contributed by atoms with Gasteiger partial charge in [0.2, 0.25) is 0 Å². The second-order valence-electron chi connectivity index (χ2n) is 6.57. The number of carboxylic acids is 1. The standard InChI is InChI=1S/C23H20N2O3.ClH/c1-28-21-14-15(11-13-22(26)27)10-12-20(21)25-23-16-6-2-4-8-18(16)24-19-9-5-3-7-17(19)23;/h2-10,12,14H,11,13H2,1H3,(H,24,25)(H,26,27);1H. The Hall–Kier alpha value is -3.31. The number of carboxylic acid groups (broad SMARTS) is 1. The molecule has 3 aromatic carbocycles. The van der Waals surface area contributed by atoms with E-state index in [2.05, 4.69) is 5.32 Å². The van der Waals surface area contributed by atoms with Crippen LogP contribution in [0.15, 0.2) is 66.7 Å². The van der Waals surface area contributed by atoms with E-state index < -0.39 is 5.97 Å². The van der Waals surface area contributed by atoms with E-state index in [0.29, 0.717) is 12.2 Å². The number of para-hydroxylation sites is 2. The molecule has 0 fully saturated rings. The number of rotatable bonds is 6. The van der Waals surface area contributed by atoms with Crippen LogP contribution in [0.2, 0.25) is 0 Å². The number of aliphatic carboxylic acids is 1. The number of halogens is 1. The summed E-state index contributed by atoms with van der Waals surface area (Å²) < 4.78 is 5.56. The van der Waals surface area contributed by atoms with Gasteiger partial charge in [0.25, 0.3) is 0 Å². The summed E-state index contributed by atoms with van der Waals surface area (Å²) in [6.45, 7) is 0. The second kappa shape index (κ2) is 8.80. The number of aryl methyl sites for hydroxylation is 1. The van der Waals surface area contributed by atoms with Crippen LogP contribution in [0.4, 0.5) is 11.4 Å². The van der Waals surface area contributed by atoms with Gasteiger partial charge in [0.1, 0.15) is 5.75 Å². The first-order valence-electron chi connectivity index (χ1n) is 9.09. The van der Waals surface area contributed by atoms with E-state index in [0.717, 1.165) is 38.7 Å². The SMILES string of the molecule is COc1cc(CCC(=O)O)ccc1Nc1c2ccccc2nc2ccccc12.Cl. The van der Waals surface area contributed by atoms with Crippen LogP contribution in [0.5, 0.6) is 5.75 Å². The molecule has 0 aliphatic heterocycles. The van der Waals surface area contributed by atoms with Gasteiger partial charge in [-0.05, 0) is 36.2 Å². The quantitative estimate of drug-likeness (QED) is 0.407. The first-order chi connectivity index (χ1) is 13.7. The summed E-state index contributed by atoms with van der Waals surface area (Å²) in [7, 11) is 1.62. The molecule has 4 aromatic rings. The summed E-state index contributed by atoms with van der Waals surface area (Å²) >= 11 is 0. The molecule has 0 radical (unpaired) electrons. The van der Waals surface area contributed by atoms with Gasteiger partial charge in [0, 0.05) is 17.2 Å². The Labute approximate surface area is 174 Å². The van der Waals surface area contributed by atoms with Crippen molar-refractivity contribution in [3.05, 3.63) is 72.3 Å². The summed E-state index contributed by atoms with van der Waals surface area (Å²) in [5, 5.41) is 14.5. The topological polar surface area (TPSA) is 71.5 Å². The molecule has 0 saturated carbocycles. The number of fused-ring (bicyclic) bond motifs is 2. The Kier molecular flexibility index (Phi) is 6.20. The van der Waals surface area contributed by atoms with Crippen molar-refractivity contribution in [3.63, 3.8) is 0 Å². The molecule has 148 valence electrons. The third-order valence-corrected chi connectivity index (χ3v) is 4.74. The van der Waals surface area contributed by atoms with E-state index in [1.165, 1.54) is 0 Å². The Morgan fingerprint density at radius 1 is 1.00 bits per heavy atom. The van der Waals surface area contributed by atoms with Crippen molar-refractivity contribution >= 4 is 51.6 Å². The van der Waals surface area contributed by atoms with Crippen molar-refractivity contribution < 1.29 is 14.6 Å². The Balaban J connectivity index is 0.00000240. The average Bonchev–Trinajstić information content (AvgIpc) is 2.72. The summed E-state index contributed by atoms with van der Waals surface area (Å²) in [4.78, 5) is 15.6. The zero-order valence-corrected chi connectivity index (χ0v) is 16.7. The highest BCUT2D eigenvalue weighted by atomic mass is 35.5. The van der Waals surface area contributed by atoms with Crippen LogP contribution in [-0.2, 0) is 11.2 Å². The molecule has 6 heteroatoms. The van der Waals surface area contributed by atoms with Crippen LogP contribution in [0.25, 0.3) is 21.8 Å². The fourth-order valence-corrected chi connectivity index (χ4v) is 3.35. The zero-order chi connectivity index (χ0) is 19.5. The van der Waals surface area contributed by atoms with Crippen LogP contribution < -0.4 is 10.1 Å². The molecule has 0 unspecified atom stereocenters. The van der Waals surface area contributed by atoms with Crippen molar-refractivity contribution in [2.24, 2.45) is 0 Å². The minimum absolute atomic E-state index is 0. The smallest absolute Gasteiger partial charge is 0.303 e. The van der Waals surface area contributed by atoms with E-state index in [1.807, 2.05) is 66.7 Å². The number of nitrogens with zero attached hydrogens (tertiary/aromatic N) is 1. The maximum atomic E-state index is 10.8. The lowest BCUT2D eigenvalue weighted by Crippen LogP contribution is -2.00. The van der Waals surface area contributed by atoms with Gasteiger partial charge in [-0.3, -0.25) is 4.79 Å². The van der Waals surface area contributed by atoms with E-state index in [4.69, 9.17) is 14.8 Å². The third kappa shape index (κ3) is 4.25. The number of carbonyl (C=O) groups is 1. The highest BCUT2D eigenvalue weighted by Crippen LogP contribution is 2.36. The van der Waals surface area contributed by atoms with Crippen LogP contribution >= 0.6 is 12.4 Å². The molecule has 2 N–H and O–H groups in total. The highest BCUT2D eigenvalue weighted by molar-refractivity contribution is 6.08. The van der Waals surface area contributed by atoms with Gasteiger partial charge in [0.05, 0.1) is 29.5 Å². The highest BCUT2D eigenvalue weighted by Gasteiger charge is 2.12. The van der Waals surface area contributed by atoms with Crippen molar-refractivity contribution in [2.75, 3.05) is 12.4 Å². The number of hydrogen-bond donors (Lipinski definition) is 2. The largest absolute Gasteiger partial charge is 0.495 e. The van der Waals surface area contributed by atoms with Crippen LogP contribution in [0, 0.1) is 0 Å². The van der Waals surface area contributed by atoms with Crippen molar-refractivity contribution in [2.45, 2.75) is 12.8 Å². The molecular formula is C23H21ClN2O3. The first-order valence-corrected chi connectivity index (χ1v) is 9.09. The number of methoxy groups -OCH3 is 1. The van der Waals surface area contributed by atoms with Gasteiger partial charge in [-0.25, -0.2) is 4.98 Å². The van der Waals surface area contributed by atoms with Gasteiger partial charge in [-0.2, -0.15) is 0 Å². The lowest BCUT2D eigenvalue weighted by molar-refractivity contribution is -0.136. The van der Waals surface area contributed by atoms with Crippen LogP contribution in [0.1, 0.15) is 12.0 Å². The molecule has 1 aromatic heterocycles. The van der Waals surface area contributed by atoms with Gasteiger partial charge in [0.15, 0.2) is 0 Å². The molecule has 4 rings (SSSR count). The lowest BCUT2D eigenvalue weighted by atomic mass is 10.1. The Morgan fingerprint density at radius 2 is 1.62 bits per heavy atom. The second-order valence-corrected chi connectivity index (χ2v) is 6.57. The monoisotopic (exact) mass is 408 g/mol. The van der Waals surface area contributed by atoms with Gasteiger partial charge in [-0.15, -0.1) is 12.4 Å². The minimum Gasteiger partial charge on any atom is -0.495 e.